The molecule has 0 saturated heterocycles. The summed E-state index contributed by atoms with van der Waals surface area (Å²) in [6, 6.07) is 11.6. The monoisotopic (exact) mass is 363 g/mol. The maximum Gasteiger partial charge on any atom is 0.0712 e. The fourth-order valence-corrected chi connectivity index (χ4v) is 5.11. The fourth-order valence-electron chi connectivity index (χ4n) is 3.65. The predicted molar refractivity (Wildman–Crippen MR) is 118 cm³/mol. The van der Waals surface area contributed by atoms with Gasteiger partial charge in [0.05, 0.1) is 6.04 Å². The Balaban J connectivity index is 0.000000948. The van der Waals surface area contributed by atoms with Crippen LogP contribution in [-0.2, 0) is 6.42 Å². The molecule has 0 aliphatic carbocycles. The van der Waals surface area contributed by atoms with Crippen LogP contribution in [0.5, 0.6) is 0 Å². The molecular formula is C24H29NS. The van der Waals surface area contributed by atoms with Gasteiger partial charge in [0.25, 0.3) is 0 Å². The zero-order chi connectivity index (χ0) is 18.7. The minimum absolute atomic E-state index is 0.264. The van der Waals surface area contributed by atoms with E-state index in [1.54, 1.807) is 0 Å². The fraction of sp³-hybridized carbons (Fsp3) is 0.333. The third-order valence-corrected chi connectivity index (χ3v) is 6.06. The van der Waals surface area contributed by atoms with Crippen LogP contribution in [0.4, 0.5) is 0 Å². The van der Waals surface area contributed by atoms with Crippen molar-refractivity contribution in [2.75, 3.05) is 0 Å². The summed E-state index contributed by atoms with van der Waals surface area (Å²) < 4.78 is 2.89. The van der Waals surface area contributed by atoms with Crippen molar-refractivity contribution >= 4 is 31.5 Å². The number of allylic oxidation sites excluding steroid dienone is 2. The maximum atomic E-state index is 3.50. The molecule has 1 aliphatic rings. The summed E-state index contributed by atoms with van der Waals surface area (Å²) >= 11 is 1.97. The van der Waals surface area contributed by atoms with E-state index in [0.29, 0.717) is 5.92 Å². The maximum absolute atomic E-state index is 3.50. The van der Waals surface area contributed by atoms with E-state index in [2.05, 4.69) is 74.6 Å². The Kier molecular flexibility index (Phi) is 5.83. The van der Waals surface area contributed by atoms with E-state index < -0.39 is 0 Å². The second-order valence-electron chi connectivity index (χ2n) is 7.06. The van der Waals surface area contributed by atoms with E-state index in [1.807, 2.05) is 31.4 Å². The molecule has 4 rings (SSSR count). The van der Waals surface area contributed by atoms with Gasteiger partial charge in [0, 0.05) is 20.2 Å². The van der Waals surface area contributed by atoms with E-state index in [9.17, 15) is 0 Å². The van der Waals surface area contributed by atoms with Crippen LogP contribution < -0.4 is 5.32 Å². The number of hydrogen-bond donors (Lipinski definition) is 1. The Hall–Kier alpha value is -2.06. The summed E-state index contributed by atoms with van der Waals surface area (Å²) in [5.41, 5.74) is 4.26. The minimum Gasteiger partial charge on any atom is -0.381 e. The summed E-state index contributed by atoms with van der Waals surface area (Å²) in [5.74, 6) is 0.676. The van der Waals surface area contributed by atoms with Gasteiger partial charge in [-0.15, -0.1) is 11.3 Å². The summed E-state index contributed by atoms with van der Waals surface area (Å²) in [4.78, 5) is 0. The lowest BCUT2D eigenvalue weighted by Gasteiger charge is -2.19. The van der Waals surface area contributed by atoms with Crippen LogP contribution >= 0.6 is 11.3 Å². The van der Waals surface area contributed by atoms with Crippen LogP contribution in [0.15, 0.2) is 54.8 Å². The molecule has 1 unspecified atom stereocenters. The van der Waals surface area contributed by atoms with Crippen molar-refractivity contribution in [1.29, 1.82) is 0 Å². The summed E-state index contributed by atoms with van der Waals surface area (Å²) in [6.07, 6.45) is 9.62. The first-order chi connectivity index (χ1) is 12.6. The second kappa shape index (κ2) is 8.09. The average Bonchev–Trinajstić information content (AvgIpc) is 3.03. The average molecular weight is 364 g/mol. The van der Waals surface area contributed by atoms with Crippen molar-refractivity contribution in [2.24, 2.45) is 5.92 Å². The van der Waals surface area contributed by atoms with Crippen LogP contribution in [0, 0.1) is 12.8 Å². The van der Waals surface area contributed by atoms with Crippen molar-refractivity contribution in [3.63, 3.8) is 0 Å². The van der Waals surface area contributed by atoms with Gasteiger partial charge in [-0.25, -0.2) is 0 Å². The number of hydrogen-bond acceptors (Lipinski definition) is 2. The number of benzene rings is 2. The van der Waals surface area contributed by atoms with Gasteiger partial charge < -0.3 is 5.32 Å². The van der Waals surface area contributed by atoms with Gasteiger partial charge in [-0.05, 0) is 48.2 Å². The molecule has 0 saturated carbocycles. The van der Waals surface area contributed by atoms with Gasteiger partial charge in [0.1, 0.15) is 0 Å². The van der Waals surface area contributed by atoms with Gasteiger partial charge in [-0.2, -0.15) is 0 Å². The van der Waals surface area contributed by atoms with Crippen LogP contribution in [0.1, 0.15) is 50.4 Å². The molecule has 3 aromatic rings. The zero-order valence-electron chi connectivity index (χ0n) is 16.5. The molecule has 2 heteroatoms. The van der Waals surface area contributed by atoms with Gasteiger partial charge in [-0.1, -0.05) is 70.2 Å². The normalized spacial score (nSPS) is 16.0. The standard InChI is InChI=1S/C22H23NS.C2H6/c1-14(2)13-16-7-6-8-17-18-11-10-15(3)20(22(18)24-21(16)17)19-9-4-5-12-23-19;1-2/h4-12,14,19,23H,13H2,1-3H3;1-2H3. The zero-order valence-corrected chi connectivity index (χ0v) is 17.3. The Morgan fingerprint density at radius 3 is 2.46 bits per heavy atom. The number of aryl methyl sites for hydroxylation is 1. The van der Waals surface area contributed by atoms with E-state index in [4.69, 9.17) is 0 Å². The van der Waals surface area contributed by atoms with E-state index >= 15 is 0 Å². The highest BCUT2D eigenvalue weighted by molar-refractivity contribution is 7.26. The van der Waals surface area contributed by atoms with E-state index in [-0.39, 0.29) is 6.04 Å². The first-order valence-electron chi connectivity index (χ1n) is 9.68. The predicted octanol–water partition coefficient (Wildman–Crippen LogP) is 7.30. The Morgan fingerprint density at radius 1 is 1.00 bits per heavy atom. The molecule has 1 nitrogen and oxygen atoms in total. The van der Waals surface area contributed by atoms with Gasteiger partial charge in [0.2, 0.25) is 0 Å². The third kappa shape index (κ3) is 3.43. The SMILES string of the molecule is CC.Cc1ccc2c(sc3c(CC(C)C)cccc32)c1C1C=CC=CN1. The molecule has 2 heterocycles. The van der Waals surface area contributed by atoms with Gasteiger partial charge >= 0.3 is 0 Å². The van der Waals surface area contributed by atoms with Crippen molar-refractivity contribution in [3.05, 3.63) is 71.5 Å². The molecule has 0 spiro atoms. The molecule has 2 aromatic carbocycles. The van der Waals surface area contributed by atoms with E-state index in [0.717, 1.165) is 6.42 Å². The first kappa shape index (κ1) is 18.7. The third-order valence-electron chi connectivity index (χ3n) is 4.73. The van der Waals surface area contributed by atoms with Crippen LogP contribution in [-0.4, -0.2) is 0 Å². The molecule has 0 amide bonds. The summed E-state index contributed by atoms with van der Waals surface area (Å²) in [5, 5.41) is 6.30. The highest BCUT2D eigenvalue weighted by Crippen LogP contribution is 2.41. The van der Waals surface area contributed by atoms with Crippen LogP contribution in [0.25, 0.3) is 20.2 Å². The number of thiophene rings is 1. The molecule has 1 aliphatic heterocycles. The molecule has 26 heavy (non-hydrogen) atoms. The molecule has 136 valence electrons. The molecule has 0 radical (unpaired) electrons. The highest BCUT2D eigenvalue weighted by Gasteiger charge is 2.18. The molecule has 1 aromatic heterocycles. The largest absolute Gasteiger partial charge is 0.381 e. The molecule has 0 fully saturated rings. The minimum atomic E-state index is 0.264. The van der Waals surface area contributed by atoms with Crippen molar-refractivity contribution in [2.45, 2.75) is 47.1 Å². The number of nitrogens with one attached hydrogen (secondary N) is 1. The van der Waals surface area contributed by atoms with E-state index in [1.165, 1.54) is 36.9 Å². The second-order valence-corrected chi connectivity index (χ2v) is 8.08. The van der Waals surface area contributed by atoms with Crippen molar-refractivity contribution < 1.29 is 0 Å². The van der Waals surface area contributed by atoms with Gasteiger partial charge in [0.15, 0.2) is 0 Å². The smallest absolute Gasteiger partial charge is 0.0712 e. The number of fused-ring (bicyclic) bond motifs is 3. The topological polar surface area (TPSA) is 12.0 Å². The first-order valence-corrected chi connectivity index (χ1v) is 10.5. The summed E-state index contributed by atoms with van der Waals surface area (Å²) in [6.45, 7) is 10.8. The number of dihydropyridines is 1. The van der Waals surface area contributed by atoms with Crippen LogP contribution in [0.3, 0.4) is 0 Å². The summed E-state index contributed by atoms with van der Waals surface area (Å²) in [7, 11) is 0. The van der Waals surface area contributed by atoms with Crippen molar-refractivity contribution in [3.8, 4) is 0 Å². The molecule has 1 N–H and O–H groups in total. The Labute approximate surface area is 161 Å². The molecular weight excluding hydrogens is 334 g/mol. The van der Waals surface area contributed by atoms with Crippen LogP contribution in [0.2, 0.25) is 0 Å². The lowest BCUT2D eigenvalue weighted by Crippen LogP contribution is -2.16. The number of rotatable bonds is 3. The highest BCUT2D eigenvalue weighted by atomic mass is 32.1. The quantitative estimate of drug-likeness (QED) is 0.514. The Morgan fingerprint density at radius 2 is 1.77 bits per heavy atom. The lowest BCUT2D eigenvalue weighted by molar-refractivity contribution is 0.650. The molecule has 1 atom stereocenters. The molecule has 0 bridgehead atoms. The lowest BCUT2D eigenvalue weighted by atomic mass is 9.96. The Bertz CT molecular complexity index is 959. The van der Waals surface area contributed by atoms with Crippen molar-refractivity contribution in [1.82, 2.24) is 5.32 Å². The van der Waals surface area contributed by atoms with Gasteiger partial charge in [-0.3, -0.25) is 0 Å².